The highest BCUT2D eigenvalue weighted by molar-refractivity contribution is 7.27. The van der Waals surface area contributed by atoms with Crippen molar-refractivity contribution < 1.29 is 0 Å². The van der Waals surface area contributed by atoms with Crippen molar-refractivity contribution in [1.29, 1.82) is 0 Å². The van der Waals surface area contributed by atoms with E-state index in [0.717, 1.165) is 4.83 Å². The molecule has 2 aromatic heterocycles. The highest BCUT2D eigenvalue weighted by Gasteiger charge is 2.08. The first-order valence-electron chi connectivity index (χ1n) is 12.0. The average Bonchev–Trinajstić information content (AvgIpc) is 3.31. The van der Waals surface area contributed by atoms with Gasteiger partial charge in [0.15, 0.2) is 0 Å². The predicted molar refractivity (Wildman–Crippen MR) is 160 cm³/mol. The topological polar surface area (TPSA) is 12.9 Å². The largest absolute Gasteiger partial charge is 0.245 e. The Kier molecular flexibility index (Phi) is 5.17. The highest BCUT2D eigenvalue weighted by atomic mass is 32.1. The molecule has 7 aromatic rings. The Morgan fingerprint density at radius 1 is 0.500 bits per heavy atom. The number of nitrogens with zero attached hydrogens (tertiary/aromatic N) is 1. The van der Waals surface area contributed by atoms with E-state index in [0.29, 0.717) is 0 Å². The Hall–Kier alpha value is -3.84. The van der Waals surface area contributed by atoms with E-state index in [-0.39, 0.29) is 0 Å². The fourth-order valence-electron chi connectivity index (χ4n) is 4.93. The highest BCUT2D eigenvalue weighted by Crippen LogP contribution is 2.36. The molecule has 0 fully saturated rings. The van der Waals surface area contributed by atoms with Crippen molar-refractivity contribution in [3.63, 3.8) is 0 Å². The summed E-state index contributed by atoms with van der Waals surface area (Å²) in [5.74, 6) is 0. The molecule has 0 aliphatic heterocycles. The molecule has 0 aliphatic carbocycles. The van der Waals surface area contributed by atoms with Crippen LogP contribution in [0.15, 0.2) is 121 Å². The van der Waals surface area contributed by atoms with Crippen molar-refractivity contribution in [3.05, 3.63) is 121 Å². The van der Waals surface area contributed by atoms with Gasteiger partial charge >= 0.3 is 0 Å². The summed E-state index contributed by atoms with van der Waals surface area (Å²) in [7, 11) is 2.74. The summed E-state index contributed by atoms with van der Waals surface area (Å²) >= 11 is 1.75. The number of hydrogen-bond acceptors (Lipinski definition) is 2. The minimum absolute atomic E-state index is 1.10. The van der Waals surface area contributed by atoms with Crippen LogP contribution in [-0.4, -0.2) is 4.98 Å². The van der Waals surface area contributed by atoms with Crippen LogP contribution in [-0.2, 0) is 0 Å². The lowest BCUT2D eigenvalue weighted by Gasteiger charge is -2.09. The van der Waals surface area contributed by atoms with E-state index in [1.54, 1.807) is 11.3 Å². The van der Waals surface area contributed by atoms with E-state index < -0.39 is 0 Å². The van der Waals surface area contributed by atoms with Gasteiger partial charge in [0.2, 0.25) is 0 Å². The predicted octanol–water partition coefficient (Wildman–Crippen LogP) is 9.10. The second-order valence-corrected chi connectivity index (χ2v) is 10.8. The summed E-state index contributed by atoms with van der Waals surface area (Å²) in [6.07, 6.45) is 1.87. The van der Waals surface area contributed by atoms with Crippen molar-refractivity contribution in [2.45, 2.75) is 0 Å². The molecule has 1 nitrogen and oxygen atoms in total. The van der Waals surface area contributed by atoms with Crippen LogP contribution in [0.4, 0.5) is 0 Å². The number of rotatable bonds is 3. The summed E-state index contributed by atoms with van der Waals surface area (Å²) in [4.78, 5) is 5.63. The first-order valence-corrected chi connectivity index (χ1v) is 13.4. The molecule has 1 unspecified atom stereocenters. The third-order valence-electron chi connectivity index (χ3n) is 6.88. The Morgan fingerprint density at radius 3 is 1.67 bits per heavy atom. The minimum atomic E-state index is 1.10. The molecular formula is C33H22NPS. The van der Waals surface area contributed by atoms with Gasteiger partial charge in [0.1, 0.15) is 4.83 Å². The van der Waals surface area contributed by atoms with E-state index in [1.165, 1.54) is 64.9 Å². The van der Waals surface area contributed by atoms with Gasteiger partial charge in [-0.2, -0.15) is 0 Å². The fourth-order valence-corrected chi connectivity index (χ4v) is 6.14. The molecule has 7 rings (SSSR count). The van der Waals surface area contributed by atoms with Crippen molar-refractivity contribution in [2.75, 3.05) is 0 Å². The zero-order valence-corrected chi connectivity index (χ0v) is 21.5. The van der Waals surface area contributed by atoms with Crippen LogP contribution >= 0.6 is 20.6 Å². The first-order chi connectivity index (χ1) is 17.7. The molecule has 0 N–H and O–H groups in total. The van der Waals surface area contributed by atoms with Crippen molar-refractivity contribution in [1.82, 2.24) is 4.98 Å². The van der Waals surface area contributed by atoms with Crippen LogP contribution in [0.1, 0.15) is 0 Å². The minimum Gasteiger partial charge on any atom is -0.245 e. The molecule has 0 radical (unpaired) electrons. The summed E-state index contributed by atoms with van der Waals surface area (Å²) in [6.45, 7) is 0. The van der Waals surface area contributed by atoms with Crippen LogP contribution in [0, 0.1) is 0 Å². The second-order valence-electron chi connectivity index (χ2n) is 9.15. The molecule has 3 heteroatoms. The molecule has 0 spiro atoms. The summed E-state index contributed by atoms with van der Waals surface area (Å²) in [5, 5.41) is 6.23. The summed E-state index contributed by atoms with van der Waals surface area (Å²) in [5.41, 5.74) is 7.42. The van der Waals surface area contributed by atoms with Crippen LogP contribution in [0.25, 0.3) is 64.5 Å². The standard InChI is InChI=1S/C33H22NPS/c35-29-14-11-23(12-15-29)25-8-10-26-18-24(7-9-27(26)19-25)21-3-5-22(6-4-21)28-13-16-32-31(20-28)30-2-1-17-34-33(30)36-32/h1-20H,35H2. The molecule has 36 heavy (non-hydrogen) atoms. The van der Waals surface area contributed by atoms with Gasteiger partial charge in [0.25, 0.3) is 0 Å². The van der Waals surface area contributed by atoms with Gasteiger partial charge in [-0.15, -0.1) is 20.6 Å². The lowest BCUT2D eigenvalue weighted by atomic mass is 9.96. The molecule has 2 heterocycles. The molecule has 5 aromatic carbocycles. The first kappa shape index (κ1) is 21.4. The summed E-state index contributed by atoms with van der Waals surface area (Å²) < 4.78 is 1.28. The van der Waals surface area contributed by atoms with Gasteiger partial charge in [-0.1, -0.05) is 78.9 Å². The lowest BCUT2D eigenvalue weighted by molar-refractivity contribution is 1.45. The fraction of sp³-hybridized carbons (Fsp3) is 0. The van der Waals surface area contributed by atoms with Crippen LogP contribution in [0.2, 0.25) is 0 Å². The van der Waals surface area contributed by atoms with Gasteiger partial charge in [0, 0.05) is 21.7 Å². The monoisotopic (exact) mass is 495 g/mol. The number of pyridine rings is 1. The molecular weight excluding hydrogens is 473 g/mol. The maximum absolute atomic E-state index is 4.53. The van der Waals surface area contributed by atoms with Crippen LogP contribution in [0.3, 0.4) is 0 Å². The quantitative estimate of drug-likeness (QED) is 0.223. The number of hydrogen-bond donors (Lipinski definition) is 0. The Bertz CT molecular complexity index is 1880. The van der Waals surface area contributed by atoms with Crippen molar-refractivity contribution >= 4 is 57.0 Å². The Morgan fingerprint density at radius 2 is 1.03 bits per heavy atom. The number of aromatic nitrogens is 1. The Balaban J connectivity index is 1.20. The van der Waals surface area contributed by atoms with E-state index in [1.807, 2.05) is 12.3 Å². The van der Waals surface area contributed by atoms with Gasteiger partial charge in [-0.3, -0.25) is 0 Å². The van der Waals surface area contributed by atoms with E-state index in [9.17, 15) is 0 Å². The van der Waals surface area contributed by atoms with Gasteiger partial charge in [-0.05, 0) is 85.9 Å². The third-order valence-corrected chi connectivity index (χ3v) is 8.36. The maximum atomic E-state index is 4.53. The number of benzene rings is 5. The van der Waals surface area contributed by atoms with Gasteiger partial charge < -0.3 is 0 Å². The lowest BCUT2D eigenvalue weighted by Crippen LogP contribution is -1.88. The van der Waals surface area contributed by atoms with E-state index in [2.05, 4.69) is 123 Å². The van der Waals surface area contributed by atoms with Gasteiger partial charge in [0.05, 0.1) is 0 Å². The Labute approximate surface area is 216 Å². The van der Waals surface area contributed by atoms with E-state index >= 15 is 0 Å². The molecule has 0 saturated heterocycles. The normalized spacial score (nSPS) is 11.5. The van der Waals surface area contributed by atoms with Gasteiger partial charge in [-0.25, -0.2) is 4.98 Å². The molecule has 1 atom stereocenters. The zero-order valence-electron chi connectivity index (χ0n) is 19.5. The molecule has 0 saturated carbocycles. The average molecular weight is 496 g/mol. The zero-order chi connectivity index (χ0) is 24.1. The molecule has 0 bridgehead atoms. The maximum Gasteiger partial charge on any atom is 0.124 e. The molecule has 170 valence electrons. The smallest absolute Gasteiger partial charge is 0.124 e. The number of fused-ring (bicyclic) bond motifs is 4. The summed E-state index contributed by atoms with van der Waals surface area (Å²) in [6, 6.07) is 41.9. The van der Waals surface area contributed by atoms with Crippen molar-refractivity contribution in [2.24, 2.45) is 0 Å². The molecule has 0 amide bonds. The van der Waals surface area contributed by atoms with E-state index in [4.69, 9.17) is 0 Å². The van der Waals surface area contributed by atoms with Crippen LogP contribution in [0.5, 0.6) is 0 Å². The number of thiophene rings is 1. The SMILES string of the molecule is Pc1ccc(-c2ccc3cc(-c4ccc(-c5ccc6sc7ncccc7c6c5)cc4)ccc3c2)cc1. The van der Waals surface area contributed by atoms with Crippen LogP contribution < -0.4 is 5.30 Å². The third kappa shape index (κ3) is 3.80. The van der Waals surface area contributed by atoms with Crippen molar-refractivity contribution in [3.8, 4) is 33.4 Å². The second kappa shape index (κ2) is 8.68. The molecule has 0 aliphatic rings.